The van der Waals surface area contributed by atoms with Gasteiger partial charge in [0, 0.05) is 6.54 Å². The standard InChI is InChI=1S/C20H22BrN5O2/c1-4-9-26-20(23-24-25-26)22-12-16-10-17(21)19(18(11-16)27-3)28-13-15-7-5-14(2)6-8-15/h4-8,10-11H,1,9,12-13H2,2-3H3,(H,22,23,25). The Morgan fingerprint density at radius 2 is 2.00 bits per heavy atom. The molecule has 3 rings (SSSR count). The van der Waals surface area contributed by atoms with Crippen LogP contribution in [-0.2, 0) is 19.7 Å². The smallest absolute Gasteiger partial charge is 0.243 e. The molecule has 0 spiro atoms. The maximum atomic E-state index is 6.00. The number of methoxy groups -OCH3 is 1. The second-order valence-corrected chi connectivity index (χ2v) is 7.06. The van der Waals surface area contributed by atoms with Crippen molar-refractivity contribution in [3.63, 3.8) is 0 Å². The first kappa shape index (κ1) is 19.9. The number of halogens is 1. The van der Waals surface area contributed by atoms with E-state index in [0.29, 0.717) is 37.1 Å². The Balaban J connectivity index is 1.70. The van der Waals surface area contributed by atoms with Gasteiger partial charge in [-0.3, -0.25) is 0 Å². The average Bonchev–Trinajstić information content (AvgIpc) is 3.14. The summed E-state index contributed by atoms with van der Waals surface area (Å²) in [6, 6.07) is 12.2. The van der Waals surface area contributed by atoms with Crippen LogP contribution < -0.4 is 14.8 Å². The van der Waals surface area contributed by atoms with Crippen LogP contribution in [0.15, 0.2) is 53.5 Å². The van der Waals surface area contributed by atoms with Crippen molar-refractivity contribution in [1.29, 1.82) is 0 Å². The molecule has 1 heterocycles. The number of anilines is 1. The predicted octanol–water partition coefficient (Wildman–Crippen LogP) is 4.13. The Labute approximate surface area is 172 Å². The SMILES string of the molecule is C=CCn1nnnc1NCc1cc(Br)c(OCc2ccc(C)cc2)c(OC)c1. The first-order chi connectivity index (χ1) is 13.6. The summed E-state index contributed by atoms with van der Waals surface area (Å²) < 4.78 is 14.0. The third-order valence-corrected chi connectivity index (χ3v) is 4.67. The zero-order valence-electron chi connectivity index (χ0n) is 15.9. The fraction of sp³-hybridized carbons (Fsp3) is 0.250. The number of allylic oxidation sites excluding steroid dienone is 1. The lowest BCUT2D eigenvalue weighted by atomic mass is 10.1. The Morgan fingerprint density at radius 1 is 1.21 bits per heavy atom. The normalized spacial score (nSPS) is 10.5. The molecule has 0 radical (unpaired) electrons. The van der Waals surface area contributed by atoms with E-state index in [4.69, 9.17) is 9.47 Å². The number of aromatic nitrogens is 4. The summed E-state index contributed by atoms with van der Waals surface area (Å²) >= 11 is 3.59. The van der Waals surface area contributed by atoms with Crippen molar-refractivity contribution in [1.82, 2.24) is 20.2 Å². The fourth-order valence-electron chi connectivity index (χ4n) is 2.61. The summed E-state index contributed by atoms with van der Waals surface area (Å²) in [7, 11) is 1.63. The van der Waals surface area contributed by atoms with Crippen LogP contribution in [0.5, 0.6) is 11.5 Å². The van der Waals surface area contributed by atoms with E-state index < -0.39 is 0 Å². The molecule has 1 aromatic heterocycles. The van der Waals surface area contributed by atoms with Crippen LogP contribution in [-0.4, -0.2) is 27.3 Å². The molecule has 0 amide bonds. The first-order valence-corrected chi connectivity index (χ1v) is 9.55. The van der Waals surface area contributed by atoms with Crippen molar-refractivity contribution in [2.75, 3.05) is 12.4 Å². The van der Waals surface area contributed by atoms with Crippen LogP contribution in [0.2, 0.25) is 0 Å². The summed E-state index contributed by atoms with van der Waals surface area (Å²) in [5.41, 5.74) is 3.32. The molecule has 0 fully saturated rings. The molecule has 2 aromatic carbocycles. The molecule has 0 aliphatic heterocycles. The van der Waals surface area contributed by atoms with Crippen LogP contribution >= 0.6 is 15.9 Å². The van der Waals surface area contributed by atoms with Gasteiger partial charge in [-0.25, -0.2) is 4.68 Å². The predicted molar refractivity (Wildman–Crippen MR) is 112 cm³/mol. The van der Waals surface area contributed by atoms with Crippen molar-refractivity contribution in [2.24, 2.45) is 0 Å². The molecule has 0 aliphatic carbocycles. The van der Waals surface area contributed by atoms with E-state index in [1.165, 1.54) is 5.56 Å². The van der Waals surface area contributed by atoms with Gasteiger partial charge >= 0.3 is 0 Å². The van der Waals surface area contributed by atoms with Crippen molar-refractivity contribution in [3.8, 4) is 11.5 Å². The highest BCUT2D eigenvalue weighted by Crippen LogP contribution is 2.37. The number of benzene rings is 2. The highest BCUT2D eigenvalue weighted by Gasteiger charge is 2.13. The lowest BCUT2D eigenvalue weighted by molar-refractivity contribution is 0.282. The topological polar surface area (TPSA) is 74.1 Å². The van der Waals surface area contributed by atoms with Crippen molar-refractivity contribution in [3.05, 3.63) is 70.2 Å². The third kappa shape index (κ3) is 4.89. The number of rotatable bonds is 9. The minimum Gasteiger partial charge on any atom is -0.493 e. The van der Waals surface area contributed by atoms with E-state index in [-0.39, 0.29) is 0 Å². The zero-order valence-corrected chi connectivity index (χ0v) is 17.4. The van der Waals surface area contributed by atoms with Gasteiger partial charge in [0.1, 0.15) is 6.61 Å². The van der Waals surface area contributed by atoms with Crippen molar-refractivity contribution in [2.45, 2.75) is 26.6 Å². The highest BCUT2D eigenvalue weighted by atomic mass is 79.9. The number of hydrogen-bond donors (Lipinski definition) is 1. The summed E-state index contributed by atoms with van der Waals surface area (Å²) in [5, 5.41) is 14.8. The second kappa shape index (κ2) is 9.36. The molecule has 0 aliphatic rings. The summed E-state index contributed by atoms with van der Waals surface area (Å²) in [6.45, 7) is 7.29. The molecule has 1 N–H and O–H groups in total. The van der Waals surface area contributed by atoms with Gasteiger partial charge in [0.25, 0.3) is 0 Å². The van der Waals surface area contributed by atoms with Crippen molar-refractivity contribution >= 4 is 21.9 Å². The second-order valence-electron chi connectivity index (χ2n) is 6.21. The molecule has 0 saturated carbocycles. The van der Waals surface area contributed by atoms with Gasteiger partial charge < -0.3 is 14.8 Å². The summed E-state index contributed by atoms with van der Waals surface area (Å²) in [5.74, 6) is 1.90. The van der Waals surface area contributed by atoms with Crippen LogP contribution in [0.1, 0.15) is 16.7 Å². The Bertz CT molecular complexity index is 940. The summed E-state index contributed by atoms with van der Waals surface area (Å²) in [4.78, 5) is 0. The number of aryl methyl sites for hydroxylation is 1. The van der Waals surface area contributed by atoms with Gasteiger partial charge in [-0.1, -0.05) is 41.0 Å². The van der Waals surface area contributed by atoms with Crippen LogP contribution in [0, 0.1) is 6.92 Å². The van der Waals surface area contributed by atoms with Crippen LogP contribution in [0.4, 0.5) is 5.95 Å². The maximum absolute atomic E-state index is 6.00. The zero-order chi connectivity index (χ0) is 19.9. The minimum absolute atomic E-state index is 0.461. The average molecular weight is 444 g/mol. The molecular formula is C20H22BrN5O2. The van der Waals surface area contributed by atoms with E-state index in [2.05, 4.69) is 74.5 Å². The molecule has 7 nitrogen and oxygen atoms in total. The van der Waals surface area contributed by atoms with E-state index in [0.717, 1.165) is 15.6 Å². The van der Waals surface area contributed by atoms with Gasteiger partial charge in [0.05, 0.1) is 18.1 Å². The quantitative estimate of drug-likeness (QED) is 0.501. The number of ether oxygens (including phenoxy) is 2. The first-order valence-electron chi connectivity index (χ1n) is 8.76. The van der Waals surface area contributed by atoms with Gasteiger partial charge in [-0.2, -0.15) is 0 Å². The Kier molecular flexibility index (Phi) is 6.65. The molecule has 0 saturated heterocycles. The van der Waals surface area contributed by atoms with Crippen LogP contribution in [0.3, 0.4) is 0 Å². The van der Waals surface area contributed by atoms with Crippen molar-refractivity contribution < 1.29 is 9.47 Å². The minimum atomic E-state index is 0.461. The fourth-order valence-corrected chi connectivity index (χ4v) is 3.22. The lowest BCUT2D eigenvalue weighted by Gasteiger charge is -2.15. The molecule has 28 heavy (non-hydrogen) atoms. The van der Waals surface area contributed by atoms with Gasteiger partial charge in [-0.15, -0.1) is 6.58 Å². The molecule has 3 aromatic rings. The Morgan fingerprint density at radius 3 is 2.71 bits per heavy atom. The third-order valence-electron chi connectivity index (χ3n) is 4.08. The molecule has 0 unspecified atom stereocenters. The van der Waals surface area contributed by atoms with Gasteiger partial charge in [-0.05, 0) is 56.5 Å². The maximum Gasteiger partial charge on any atom is 0.243 e. The summed E-state index contributed by atoms with van der Waals surface area (Å²) in [6.07, 6.45) is 1.74. The molecule has 0 atom stereocenters. The number of tetrazole rings is 1. The van der Waals surface area contributed by atoms with Gasteiger partial charge in [0.2, 0.25) is 5.95 Å². The van der Waals surface area contributed by atoms with Crippen LogP contribution in [0.25, 0.3) is 0 Å². The lowest BCUT2D eigenvalue weighted by Crippen LogP contribution is -2.08. The molecule has 146 valence electrons. The molecular weight excluding hydrogens is 422 g/mol. The van der Waals surface area contributed by atoms with E-state index in [9.17, 15) is 0 Å². The van der Waals surface area contributed by atoms with E-state index in [1.54, 1.807) is 17.9 Å². The monoisotopic (exact) mass is 443 g/mol. The van der Waals surface area contributed by atoms with Gasteiger partial charge in [0.15, 0.2) is 11.5 Å². The number of nitrogens with zero attached hydrogens (tertiary/aromatic N) is 4. The number of hydrogen-bond acceptors (Lipinski definition) is 6. The molecule has 0 bridgehead atoms. The van der Waals surface area contributed by atoms with E-state index in [1.807, 2.05) is 12.1 Å². The largest absolute Gasteiger partial charge is 0.493 e. The Hall–Kier alpha value is -2.87. The van der Waals surface area contributed by atoms with E-state index >= 15 is 0 Å². The number of nitrogens with one attached hydrogen (secondary N) is 1. The molecule has 8 heteroatoms. The highest BCUT2D eigenvalue weighted by molar-refractivity contribution is 9.10.